The molecule has 4 aromatic carbocycles. The van der Waals surface area contributed by atoms with Gasteiger partial charge in [-0.15, -0.1) is 0 Å². The minimum atomic E-state index is -2.52. The lowest BCUT2D eigenvalue weighted by Crippen LogP contribution is -2.19. The van der Waals surface area contributed by atoms with Gasteiger partial charge in [0.2, 0.25) is 0 Å². The molecule has 7 nitrogen and oxygen atoms in total. The molecule has 1 atom stereocenters. The van der Waals surface area contributed by atoms with E-state index in [1.807, 2.05) is 54.6 Å². The topological polar surface area (TPSA) is 99.1 Å². The highest BCUT2D eigenvalue weighted by atomic mass is 32.2. The van der Waals surface area contributed by atoms with E-state index in [9.17, 15) is 13.6 Å². The maximum Gasteiger partial charge on any atom is 0.303 e. The van der Waals surface area contributed by atoms with Gasteiger partial charge in [0.15, 0.2) is 0 Å². The van der Waals surface area contributed by atoms with E-state index in [1.165, 1.54) is 4.31 Å². The quantitative estimate of drug-likeness (QED) is 0.228. The van der Waals surface area contributed by atoms with Gasteiger partial charge in [0.05, 0.1) is 22.6 Å². The van der Waals surface area contributed by atoms with Crippen molar-refractivity contribution in [2.45, 2.75) is 12.8 Å². The predicted octanol–water partition coefficient (Wildman–Crippen LogP) is 5.25. The molecule has 4 rings (SSSR count). The van der Waals surface area contributed by atoms with E-state index in [2.05, 4.69) is 0 Å². The third-order valence-corrected chi connectivity index (χ3v) is 6.10. The third-order valence-electron chi connectivity index (χ3n) is 5.40. The van der Waals surface area contributed by atoms with E-state index in [1.54, 1.807) is 36.4 Å². The number of carboxylic acid groups (broad SMARTS) is 1. The highest BCUT2D eigenvalue weighted by Crippen LogP contribution is 2.34. The van der Waals surface area contributed by atoms with Gasteiger partial charge in [-0.05, 0) is 53.8 Å². The number of ether oxygens (including phenoxy) is 2. The molecule has 180 valence electrons. The molecular formula is C27H24NO6S-. The molecule has 0 spiro atoms. The summed E-state index contributed by atoms with van der Waals surface area (Å²) in [6.07, 6.45) is 0.426. The van der Waals surface area contributed by atoms with Gasteiger partial charge in [-0.25, -0.2) is 0 Å². The lowest BCUT2D eigenvalue weighted by molar-refractivity contribution is -0.136. The molecule has 0 saturated carbocycles. The second-order valence-corrected chi connectivity index (χ2v) is 8.50. The molecule has 0 saturated heterocycles. The molecule has 4 aromatic rings. The highest BCUT2D eigenvalue weighted by molar-refractivity contribution is 7.81. The van der Waals surface area contributed by atoms with Gasteiger partial charge in [-0.1, -0.05) is 54.6 Å². The number of nitrogens with zero attached hydrogens (tertiary/aromatic N) is 1. The summed E-state index contributed by atoms with van der Waals surface area (Å²) in [5.74, 6) is 0.355. The van der Waals surface area contributed by atoms with E-state index in [0.717, 1.165) is 16.3 Å². The average molecular weight is 491 g/mol. The fourth-order valence-corrected chi connectivity index (χ4v) is 4.39. The molecule has 1 N–H and O–H groups in total. The van der Waals surface area contributed by atoms with Crippen LogP contribution in [0.15, 0.2) is 91.0 Å². The Labute approximate surface area is 206 Å². The number of hydrogen-bond donors (Lipinski definition) is 1. The summed E-state index contributed by atoms with van der Waals surface area (Å²) in [4.78, 5) is 10.8. The fourth-order valence-electron chi connectivity index (χ4n) is 3.77. The van der Waals surface area contributed by atoms with Crippen molar-refractivity contribution in [3.05, 3.63) is 96.6 Å². The van der Waals surface area contributed by atoms with Crippen molar-refractivity contribution in [2.24, 2.45) is 0 Å². The van der Waals surface area contributed by atoms with E-state index < -0.39 is 17.2 Å². The number of aliphatic carboxylic acids is 1. The lowest BCUT2D eigenvalue weighted by Gasteiger charge is -2.27. The van der Waals surface area contributed by atoms with Crippen molar-refractivity contribution in [3.63, 3.8) is 0 Å². The second kappa shape index (κ2) is 11.5. The summed E-state index contributed by atoms with van der Waals surface area (Å²) in [6, 6.07) is 27.3. The maximum atomic E-state index is 12.1. The Kier molecular flexibility index (Phi) is 7.97. The number of carboxylic acids is 1. The largest absolute Gasteiger partial charge is 0.755 e. The SMILES string of the molecule is O=C(O)CCc1ccccc1OCCOc1ccc(N(c2cccc3ccccc23)S(=O)[O-])cc1. The number of hydrogen-bond acceptors (Lipinski definition) is 5. The van der Waals surface area contributed by atoms with Crippen LogP contribution >= 0.6 is 0 Å². The maximum absolute atomic E-state index is 12.1. The molecule has 0 aliphatic rings. The van der Waals surface area contributed by atoms with Crippen LogP contribution in [-0.4, -0.2) is 33.1 Å². The molecule has 0 radical (unpaired) electrons. The third kappa shape index (κ3) is 6.17. The Balaban J connectivity index is 1.39. The van der Waals surface area contributed by atoms with E-state index >= 15 is 0 Å². The van der Waals surface area contributed by atoms with Crippen LogP contribution in [0.5, 0.6) is 11.5 Å². The van der Waals surface area contributed by atoms with Gasteiger partial charge in [0.25, 0.3) is 0 Å². The monoisotopic (exact) mass is 490 g/mol. The van der Waals surface area contributed by atoms with Gasteiger partial charge in [0, 0.05) is 11.8 Å². The van der Waals surface area contributed by atoms with Crippen LogP contribution in [0.4, 0.5) is 11.4 Å². The van der Waals surface area contributed by atoms with Crippen molar-refractivity contribution in [1.29, 1.82) is 0 Å². The van der Waals surface area contributed by atoms with Gasteiger partial charge < -0.3 is 19.1 Å². The summed E-state index contributed by atoms with van der Waals surface area (Å²) < 4.78 is 37.0. The van der Waals surface area contributed by atoms with Crippen molar-refractivity contribution in [1.82, 2.24) is 0 Å². The normalized spacial score (nSPS) is 11.7. The zero-order chi connectivity index (χ0) is 24.6. The van der Waals surface area contributed by atoms with Gasteiger partial charge >= 0.3 is 5.97 Å². The zero-order valence-corrected chi connectivity index (χ0v) is 19.6. The Morgan fingerprint density at radius 1 is 0.857 bits per heavy atom. The first-order valence-electron chi connectivity index (χ1n) is 11.1. The van der Waals surface area contributed by atoms with Gasteiger partial charge in [-0.3, -0.25) is 13.3 Å². The van der Waals surface area contributed by atoms with Crippen LogP contribution < -0.4 is 13.8 Å². The molecule has 1 unspecified atom stereocenters. The van der Waals surface area contributed by atoms with E-state index in [-0.39, 0.29) is 19.6 Å². The number of fused-ring (bicyclic) bond motifs is 1. The fraction of sp³-hybridized carbons (Fsp3) is 0.148. The van der Waals surface area contributed by atoms with Crippen molar-refractivity contribution in [2.75, 3.05) is 17.5 Å². The first kappa shape index (κ1) is 24.3. The first-order valence-corrected chi connectivity index (χ1v) is 12.1. The van der Waals surface area contributed by atoms with Gasteiger partial charge in [0.1, 0.15) is 24.7 Å². The standard InChI is InChI=1S/C27H25NO6S/c29-27(30)17-12-21-7-2-4-11-26(21)34-19-18-33-23-15-13-22(14-16-23)28(35(31)32)25-10-5-8-20-6-1-3-9-24(20)25/h1-11,13-16H,12,17-19H2,(H,29,30)(H,31,32)/p-1. The summed E-state index contributed by atoms with van der Waals surface area (Å²) in [7, 11) is 0. The molecular weight excluding hydrogens is 466 g/mol. The average Bonchev–Trinajstić information content (AvgIpc) is 2.87. The molecule has 0 aliphatic carbocycles. The number of anilines is 2. The number of carbonyl (C=O) groups is 1. The lowest BCUT2D eigenvalue weighted by atomic mass is 10.1. The van der Waals surface area contributed by atoms with Crippen LogP contribution in [-0.2, 0) is 22.5 Å². The van der Waals surface area contributed by atoms with Crippen LogP contribution in [0.25, 0.3) is 10.8 Å². The smallest absolute Gasteiger partial charge is 0.303 e. The Morgan fingerprint density at radius 2 is 1.54 bits per heavy atom. The molecule has 8 heteroatoms. The van der Waals surface area contributed by atoms with Crippen molar-refractivity contribution in [3.8, 4) is 11.5 Å². The van der Waals surface area contributed by atoms with E-state index in [4.69, 9.17) is 14.6 Å². The second-order valence-electron chi connectivity index (χ2n) is 7.70. The highest BCUT2D eigenvalue weighted by Gasteiger charge is 2.14. The molecule has 0 amide bonds. The molecule has 0 heterocycles. The number of rotatable bonds is 11. The number of para-hydroxylation sites is 1. The zero-order valence-electron chi connectivity index (χ0n) is 18.8. The number of benzene rings is 4. The summed E-state index contributed by atoms with van der Waals surface area (Å²) in [5, 5.41) is 10.7. The minimum Gasteiger partial charge on any atom is -0.755 e. The van der Waals surface area contributed by atoms with Crippen LogP contribution in [0.1, 0.15) is 12.0 Å². The van der Waals surface area contributed by atoms with Crippen molar-refractivity contribution >= 4 is 39.4 Å². The summed E-state index contributed by atoms with van der Waals surface area (Å²) in [5.41, 5.74) is 1.89. The Hall–Kier alpha value is -3.88. The van der Waals surface area contributed by atoms with Crippen LogP contribution in [0.3, 0.4) is 0 Å². The summed E-state index contributed by atoms with van der Waals surface area (Å²) >= 11 is -2.52. The minimum absolute atomic E-state index is 0.0349. The first-order chi connectivity index (χ1) is 17.0. The van der Waals surface area contributed by atoms with Crippen LogP contribution in [0.2, 0.25) is 0 Å². The van der Waals surface area contributed by atoms with Crippen LogP contribution in [0, 0.1) is 0 Å². The molecule has 0 aromatic heterocycles. The number of aryl methyl sites for hydroxylation is 1. The van der Waals surface area contributed by atoms with Crippen molar-refractivity contribution < 1.29 is 28.1 Å². The molecule has 35 heavy (non-hydrogen) atoms. The molecule has 0 bridgehead atoms. The van der Waals surface area contributed by atoms with Gasteiger partial charge in [-0.2, -0.15) is 0 Å². The predicted molar refractivity (Wildman–Crippen MR) is 135 cm³/mol. The Morgan fingerprint density at radius 3 is 2.31 bits per heavy atom. The van der Waals surface area contributed by atoms with E-state index in [0.29, 0.717) is 29.3 Å². The Bertz CT molecular complexity index is 1320. The summed E-state index contributed by atoms with van der Waals surface area (Å²) in [6.45, 7) is 0.547. The molecule has 0 fully saturated rings. The molecule has 0 aliphatic heterocycles.